The molecule has 0 fully saturated rings. The van der Waals surface area contributed by atoms with Gasteiger partial charge in [0.1, 0.15) is 11.4 Å². The third-order valence-corrected chi connectivity index (χ3v) is 1.91. The van der Waals surface area contributed by atoms with Gasteiger partial charge < -0.3 is 9.84 Å². The molecule has 1 aromatic carbocycles. The number of anilines is 1. The Morgan fingerprint density at radius 1 is 1.44 bits per heavy atom. The van der Waals surface area contributed by atoms with E-state index in [0.717, 1.165) is 12.1 Å². The van der Waals surface area contributed by atoms with Crippen molar-refractivity contribution >= 4 is 18.1 Å². The number of aldehydes is 1. The molecule has 2 N–H and O–H groups in total. The quantitative estimate of drug-likeness (QED) is 0.629. The highest BCUT2D eigenvalue weighted by Gasteiger charge is 2.19. The molecular weight excluding hydrogens is 241 g/mol. The first kappa shape index (κ1) is 14.0. The Morgan fingerprint density at radius 3 is 2.56 bits per heavy atom. The van der Waals surface area contributed by atoms with Crippen LogP contribution in [0.5, 0.6) is 5.75 Å². The first-order valence-corrected chi connectivity index (χ1v) is 5.21. The van der Waals surface area contributed by atoms with E-state index in [0.29, 0.717) is 0 Å². The molecule has 5 nitrogen and oxygen atoms in total. The van der Waals surface area contributed by atoms with Crippen molar-refractivity contribution in [2.24, 2.45) is 0 Å². The molecule has 0 aliphatic rings. The Bertz CT molecular complexity index is 480. The van der Waals surface area contributed by atoms with Gasteiger partial charge in [-0.1, -0.05) is 0 Å². The Hall–Kier alpha value is -2.11. The van der Waals surface area contributed by atoms with Crippen molar-refractivity contribution in [2.45, 2.75) is 26.4 Å². The molecule has 0 heterocycles. The summed E-state index contributed by atoms with van der Waals surface area (Å²) in [6.45, 7) is 4.99. The van der Waals surface area contributed by atoms with Crippen molar-refractivity contribution in [1.29, 1.82) is 0 Å². The maximum atomic E-state index is 13.7. The fourth-order valence-electron chi connectivity index (χ4n) is 1.20. The number of aromatic hydroxyl groups is 1. The summed E-state index contributed by atoms with van der Waals surface area (Å²) >= 11 is 0. The summed E-state index contributed by atoms with van der Waals surface area (Å²) in [6, 6.07) is 2.25. The van der Waals surface area contributed by atoms with Gasteiger partial charge in [0.2, 0.25) is 0 Å². The molecule has 0 aromatic heterocycles. The van der Waals surface area contributed by atoms with Crippen LogP contribution in [-0.4, -0.2) is 23.1 Å². The van der Waals surface area contributed by atoms with Crippen LogP contribution in [0.4, 0.5) is 14.9 Å². The van der Waals surface area contributed by atoms with Gasteiger partial charge in [-0.2, -0.15) is 0 Å². The van der Waals surface area contributed by atoms with Gasteiger partial charge in [-0.3, -0.25) is 10.1 Å². The Morgan fingerprint density at radius 2 is 2.06 bits per heavy atom. The number of ether oxygens (including phenoxy) is 1. The lowest BCUT2D eigenvalue weighted by atomic mass is 10.2. The van der Waals surface area contributed by atoms with Crippen molar-refractivity contribution < 1.29 is 23.8 Å². The summed E-state index contributed by atoms with van der Waals surface area (Å²) in [6.07, 6.45) is -0.672. The predicted octanol–water partition coefficient (Wildman–Crippen LogP) is 2.69. The van der Waals surface area contributed by atoms with E-state index in [1.165, 1.54) is 0 Å². The second-order valence-electron chi connectivity index (χ2n) is 4.60. The van der Waals surface area contributed by atoms with Crippen LogP contribution >= 0.6 is 0 Å². The number of carbonyl (C=O) groups excluding carboxylic acids is 2. The molecule has 0 radical (unpaired) electrons. The van der Waals surface area contributed by atoms with Gasteiger partial charge in [0.05, 0.1) is 11.3 Å². The second kappa shape index (κ2) is 5.03. The highest BCUT2D eigenvalue weighted by molar-refractivity contribution is 5.88. The molecule has 0 aliphatic carbocycles. The molecule has 18 heavy (non-hydrogen) atoms. The van der Waals surface area contributed by atoms with E-state index in [9.17, 15) is 19.1 Å². The monoisotopic (exact) mass is 255 g/mol. The third-order valence-electron chi connectivity index (χ3n) is 1.91. The number of rotatable bonds is 2. The van der Waals surface area contributed by atoms with Crippen molar-refractivity contribution in [2.75, 3.05) is 5.32 Å². The van der Waals surface area contributed by atoms with Gasteiger partial charge in [-0.15, -0.1) is 0 Å². The number of hydrogen-bond donors (Lipinski definition) is 2. The zero-order chi connectivity index (χ0) is 13.9. The normalized spacial score (nSPS) is 10.9. The largest absolute Gasteiger partial charge is 0.507 e. The van der Waals surface area contributed by atoms with E-state index in [4.69, 9.17) is 4.74 Å². The fourth-order valence-corrected chi connectivity index (χ4v) is 1.20. The van der Waals surface area contributed by atoms with Gasteiger partial charge in [0, 0.05) is 0 Å². The molecule has 0 spiro atoms. The zero-order valence-electron chi connectivity index (χ0n) is 10.3. The molecule has 1 aromatic rings. The number of nitrogens with one attached hydrogen (secondary N) is 1. The molecule has 0 saturated carbocycles. The Balaban J connectivity index is 2.93. The van der Waals surface area contributed by atoms with Crippen molar-refractivity contribution in [3.8, 4) is 5.75 Å². The first-order chi connectivity index (χ1) is 8.24. The summed E-state index contributed by atoms with van der Waals surface area (Å²) in [5, 5.41) is 11.4. The predicted molar refractivity (Wildman–Crippen MR) is 63.3 cm³/mol. The lowest BCUT2D eigenvalue weighted by Gasteiger charge is -2.20. The number of phenols is 1. The number of benzene rings is 1. The fraction of sp³-hybridized carbons (Fsp3) is 0.333. The van der Waals surface area contributed by atoms with E-state index in [-0.39, 0.29) is 12.0 Å². The van der Waals surface area contributed by atoms with Gasteiger partial charge >= 0.3 is 6.09 Å². The molecule has 0 unspecified atom stereocenters. The van der Waals surface area contributed by atoms with E-state index in [1.807, 2.05) is 0 Å². The minimum Gasteiger partial charge on any atom is -0.507 e. The van der Waals surface area contributed by atoms with Crippen molar-refractivity contribution in [3.63, 3.8) is 0 Å². The van der Waals surface area contributed by atoms with Gasteiger partial charge in [0.25, 0.3) is 0 Å². The summed E-state index contributed by atoms with van der Waals surface area (Å²) in [7, 11) is 0. The van der Waals surface area contributed by atoms with Crippen molar-refractivity contribution in [1.82, 2.24) is 0 Å². The Kier molecular flexibility index (Phi) is 3.90. The molecule has 0 bridgehead atoms. The average Bonchev–Trinajstić information content (AvgIpc) is 2.20. The molecule has 1 amide bonds. The summed E-state index contributed by atoms with van der Waals surface area (Å²) in [4.78, 5) is 22.0. The number of carbonyl (C=O) groups is 2. The maximum Gasteiger partial charge on any atom is 0.412 e. The first-order valence-electron chi connectivity index (χ1n) is 5.21. The molecule has 1 rings (SSSR count). The standard InChI is InChI=1S/C12H14FNO4/c1-12(2,3)18-11(17)14-8-4-5-9(16)7(6-15)10(8)13/h4-6,16H,1-3H3,(H,14,17). The zero-order valence-corrected chi connectivity index (χ0v) is 10.3. The topological polar surface area (TPSA) is 75.6 Å². The number of halogens is 1. The average molecular weight is 255 g/mol. The number of hydrogen-bond acceptors (Lipinski definition) is 4. The summed E-state index contributed by atoms with van der Waals surface area (Å²) in [5.41, 5.74) is -1.46. The third kappa shape index (κ3) is 3.44. The van der Waals surface area contributed by atoms with Crippen LogP contribution in [0.2, 0.25) is 0 Å². The summed E-state index contributed by atoms with van der Waals surface area (Å²) in [5.74, 6) is -1.49. The summed E-state index contributed by atoms with van der Waals surface area (Å²) < 4.78 is 18.6. The van der Waals surface area contributed by atoms with E-state index in [2.05, 4.69) is 5.32 Å². The smallest absolute Gasteiger partial charge is 0.412 e. The molecule has 0 atom stereocenters. The minimum absolute atomic E-state index is 0.172. The number of phenolic OH excluding ortho intramolecular Hbond substituents is 1. The lowest BCUT2D eigenvalue weighted by molar-refractivity contribution is 0.0635. The van der Waals surface area contributed by atoms with Crippen LogP contribution in [0.15, 0.2) is 12.1 Å². The van der Waals surface area contributed by atoms with Crippen LogP contribution in [-0.2, 0) is 4.74 Å². The molecule has 0 aliphatic heterocycles. The van der Waals surface area contributed by atoms with Crippen molar-refractivity contribution in [3.05, 3.63) is 23.5 Å². The molecule has 6 heteroatoms. The van der Waals surface area contributed by atoms with Crippen LogP contribution in [0.3, 0.4) is 0 Å². The second-order valence-corrected chi connectivity index (χ2v) is 4.60. The van der Waals surface area contributed by atoms with Crippen LogP contribution in [0.1, 0.15) is 31.1 Å². The van der Waals surface area contributed by atoms with Gasteiger partial charge in [0.15, 0.2) is 12.1 Å². The van der Waals surface area contributed by atoms with E-state index in [1.54, 1.807) is 20.8 Å². The van der Waals surface area contributed by atoms with E-state index >= 15 is 0 Å². The van der Waals surface area contributed by atoms with Crippen LogP contribution in [0, 0.1) is 5.82 Å². The maximum absolute atomic E-state index is 13.7. The lowest BCUT2D eigenvalue weighted by Crippen LogP contribution is -2.27. The minimum atomic E-state index is -1.00. The highest BCUT2D eigenvalue weighted by atomic mass is 19.1. The van der Waals surface area contributed by atoms with Crippen LogP contribution < -0.4 is 5.32 Å². The molecule has 98 valence electrons. The molecule has 0 saturated heterocycles. The SMILES string of the molecule is CC(C)(C)OC(=O)Nc1ccc(O)c(C=O)c1F. The molecular formula is C12H14FNO4. The highest BCUT2D eigenvalue weighted by Crippen LogP contribution is 2.25. The number of amides is 1. The van der Waals surface area contributed by atoms with Gasteiger partial charge in [-0.05, 0) is 32.9 Å². The van der Waals surface area contributed by atoms with Crippen LogP contribution in [0.25, 0.3) is 0 Å². The Labute approximate surface area is 104 Å². The van der Waals surface area contributed by atoms with E-state index < -0.39 is 28.8 Å². The van der Waals surface area contributed by atoms with Gasteiger partial charge in [-0.25, -0.2) is 9.18 Å².